The summed E-state index contributed by atoms with van der Waals surface area (Å²) < 4.78 is 43.3. The smallest absolute Gasteiger partial charge is 0.295 e. The number of hydrogen-bond acceptors (Lipinski definition) is 9. The Bertz CT molecular complexity index is 1360. The van der Waals surface area contributed by atoms with Gasteiger partial charge in [-0.3, -0.25) is 14.5 Å². The molecule has 0 saturated carbocycles. The van der Waals surface area contributed by atoms with E-state index in [4.69, 9.17) is 14.2 Å². The summed E-state index contributed by atoms with van der Waals surface area (Å²) in [6.07, 6.45) is 0. The highest BCUT2D eigenvalue weighted by molar-refractivity contribution is 7.89. The Morgan fingerprint density at radius 3 is 2.10 bits per heavy atom. The van der Waals surface area contributed by atoms with Gasteiger partial charge < -0.3 is 24.2 Å². The molecule has 3 fully saturated rings. The number of rotatable bonds is 8. The van der Waals surface area contributed by atoms with Crippen LogP contribution >= 0.6 is 0 Å². The molecule has 3 aliphatic heterocycles. The maximum absolute atomic E-state index is 13.3. The molecule has 2 aromatic rings. The molecule has 2 aromatic carbocycles. The van der Waals surface area contributed by atoms with Crippen LogP contribution in [0.25, 0.3) is 5.76 Å². The molecule has 0 aromatic heterocycles. The van der Waals surface area contributed by atoms with Gasteiger partial charge in [0.05, 0.1) is 50.0 Å². The van der Waals surface area contributed by atoms with Crippen LogP contribution in [0, 0.1) is 0 Å². The van der Waals surface area contributed by atoms with Crippen LogP contribution in [0.15, 0.2) is 59.0 Å². The first-order valence-corrected chi connectivity index (χ1v) is 14.7. The van der Waals surface area contributed by atoms with E-state index in [0.29, 0.717) is 44.3 Å². The molecular weight excluding hydrogens is 538 g/mol. The molecular formula is C28H33N3O8S. The van der Waals surface area contributed by atoms with Crippen molar-refractivity contribution in [2.24, 2.45) is 0 Å². The lowest BCUT2D eigenvalue weighted by atomic mass is 9.95. The second-order valence-electron chi connectivity index (χ2n) is 9.76. The van der Waals surface area contributed by atoms with Crippen molar-refractivity contribution in [3.05, 3.63) is 65.2 Å². The van der Waals surface area contributed by atoms with Crippen molar-refractivity contribution in [1.29, 1.82) is 0 Å². The monoisotopic (exact) mass is 571 g/mol. The summed E-state index contributed by atoms with van der Waals surface area (Å²) >= 11 is 0. The Labute approximate surface area is 233 Å². The highest BCUT2D eigenvalue weighted by Crippen LogP contribution is 2.40. The van der Waals surface area contributed by atoms with Gasteiger partial charge in [-0.2, -0.15) is 4.31 Å². The number of methoxy groups -OCH3 is 1. The molecule has 0 aliphatic carbocycles. The lowest BCUT2D eigenvalue weighted by molar-refractivity contribution is -0.140. The standard InChI is InChI=1S/C28H33N3O8S/c1-37-22-6-2-20(3-7-22)25-24(27(33)28(34)31(25)11-10-29-12-16-38-17-13-29)26(32)21-4-8-23(9-5-21)40(35,36)30-14-18-39-19-15-30/h2-9,25,32H,10-19H2,1H3. The Kier molecular flexibility index (Phi) is 8.52. The predicted molar refractivity (Wildman–Crippen MR) is 145 cm³/mol. The molecule has 40 heavy (non-hydrogen) atoms. The number of amides is 1. The fourth-order valence-electron chi connectivity index (χ4n) is 5.19. The topological polar surface area (TPSA) is 126 Å². The molecule has 1 N–H and O–H groups in total. The van der Waals surface area contributed by atoms with Crippen LogP contribution in [0.5, 0.6) is 5.75 Å². The van der Waals surface area contributed by atoms with Crippen molar-refractivity contribution < 1.29 is 37.3 Å². The molecule has 3 heterocycles. The number of nitrogens with zero attached hydrogens (tertiary/aromatic N) is 3. The number of carbonyl (C=O) groups is 2. The molecule has 214 valence electrons. The van der Waals surface area contributed by atoms with E-state index in [2.05, 4.69) is 4.90 Å². The van der Waals surface area contributed by atoms with E-state index in [1.54, 1.807) is 31.4 Å². The molecule has 3 aliphatic rings. The minimum absolute atomic E-state index is 0.0408. The minimum atomic E-state index is -3.73. The Morgan fingerprint density at radius 2 is 1.50 bits per heavy atom. The van der Waals surface area contributed by atoms with E-state index < -0.39 is 27.8 Å². The van der Waals surface area contributed by atoms with Crippen molar-refractivity contribution in [2.45, 2.75) is 10.9 Å². The number of ether oxygens (including phenoxy) is 3. The number of aliphatic hydroxyl groups is 1. The molecule has 1 amide bonds. The summed E-state index contributed by atoms with van der Waals surface area (Å²) in [5, 5.41) is 11.4. The lowest BCUT2D eigenvalue weighted by Gasteiger charge is -2.31. The number of likely N-dealkylation sites (tertiary alicyclic amines) is 1. The van der Waals surface area contributed by atoms with Crippen molar-refractivity contribution in [3.63, 3.8) is 0 Å². The zero-order valence-corrected chi connectivity index (χ0v) is 23.1. The van der Waals surface area contributed by atoms with Gasteiger partial charge in [-0.15, -0.1) is 0 Å². The van der Waals surface area contributed by atoms with Crippen LogP contribution in [-0.2, 0) is 29.1 Å². The quantitative estimate of drug-likeness (QED) is 0.285. The van der Waals surface area contributed by atoms with Crippen LogP contribution in [0.4, 0.5) is 0 Å². The third-order valence-corrected chi connectivity index (χ3v) is 9.38. The predicted octanol–water partition coefficient (Wildman–Crippen LogP) is 1.47. The number of aliphatic hydroxyl groups excluding tert-OH is 1. The third-order valence-electron chi connectivity index (χ3n) is 7.47. The zero-order valence-electron chi connectivity index (χ0n) is 22.3. The Balaban J connectivity index is 1.48. The van der Waals surface area contributed by atoms with E-state index in [9.17, 15) is 23.1 Å². The number of morpholine rings is 2. The Morgan fingerprint density at radius 1 is 0.900 bits per heavy atom. The second-order valence-corrected chi connectivity index (χ2v) is 11.7. The van der Waals surface area contributed by atoms with E-state index in [0.717, 1.165) is 13.1 Å². The van der Waals surface area contributed by atoms with Gasteiger partial charge in [0.15, 0.2) is 0 Å². The average Bonchev–Trinajstić information content (AvgIpc) is 3.25. The van der Waals surface area contributed by atoms with Gasteiger partial charge >= 0.3 is 0 Å². The van der Waals surface area contributed by atoms with Crippen molar-refractivity contribution in [1.82, 2.24) is 14.1 Å². The summed E-state index contributed by atoms with van der Waals surface area (Å²) in [5.41, 5.74) is 0.849. The number of benzene rings is 2. The highest BCUT2D eigenvalue weighted by Gasteiger charge is 2.46. The maximum Gasteiger partial charge on any atom is 0.295 e. The highest BCUT2D eigenvalue weighted by atomic mass is 32.2. The SMILES string of the molecule is COc1ccc(C2C(=C(O)c3ccc(S(=O)(=O)N4CCOCC4)cc3)C(=O)C(=O)N2CCN2CCOCC2)cc1. The molecule has 11 nitrogen and oxygen atoms in total. The molecule has 0 spiro atoms. The summed E-state index contributed by atoms with van der Waals surface area (Å²) in [6.45, 7) is 4.71. The number of Topliss-reactive ketones (excluding diaryl/α,β-unsaturated/α-hetero) is 1. The second kappa shape index (κ2) is 12.1. The van der Waals surface area contributed by atoms with E-state index >= 15 is 0 Å². The van der Waals surface area contributed by atoms with Gasteiger partial charge in [0.2, 0.25) is 10.0 Å². The normalized spacial score (nSPS) is 22.5. The van der Waals surface area contributed by atoms with Crippen molar-refractivity contribution in [2.75, 3.05) is 72.8 Å². The van der Waals surface area contributed by atoms with Crippen LogP contribution in [0.3, 0.4) is 0 Å². The minimum Gasteiger partial charge on any atom is -0.507 e. The Hall–Kier alpha value is -3.29. The first kappa shape index (κ1) is 28.2. The van der Waals surface area contributed by atoms with E-state index in [1.165, 1.54) is 33.5 Å². The summed E-state index contributed by atoms with van der Waals surface area (Å²) in [7, 11) is -2.18. The number of hydrogen-bond donors (Lipinski definition) is 1. The summed E-state index contributed by atoms with van der Waals surface area (Å²) in [5.74, 6) is -1.22. The molecule has 5 rings (SSSR count). The molecule has 0 bridgehead atoms. The lowest BCUT2D eigenvalue weighted by Crippen LogP contribution is -2.42. The fourth-order valence-corrected chi connectivity index (χ4v) is 6.60. The molecule has 1 unspecified atom stereocenters. The molecule has 0 radical (unpaired) electrons. The first-order valence-electron chi connectivity index (χ1n) is 13.2. The van der Waals surface area contributed by atoms with E-state index in [-0.39, 0.29) is 41.4 Å². The largest absolute Gasteiger partial charge is 0.507 e. The van der Waals surface area contributed by atoms with E-state index in [1.807, 2.05) is 0 Å². The van der Waals surface area contributed by atoms with Crippen LogP contribution in [0.2, 0.25) is 0 Å². The molecule has 1 atom stereocenters. The van der Waals surface area contributed by atoms with Gasteiger partial charge in [0, 0.05) is 44.8 Å². The summed E-state index contributed by atoms with van der Waals surface area (Å²) in [4.78, 5) is 30.3. The van der Waals surface area contributed by atoms with Gasteiger partial charge in [-0.1, -0.05) is 12.1 Å². The number of ketones is 1. The van der Waals surface area contributed by atoms with Gasteiger partial charge in [-0.05, 0) is 42.0 Å². The maximum atomic E-state index is 13.3. The van der Waals surface area contributed by atoms with Gasteiger partial charge in [0.25, 0.3) is 11.7 Å². The fraction of sp³-hybridized carbons (Fsp3) is 0.429. The molecule has 3 saturated heterocycles. The number of carbonyl (C=O) groups excluding carboxylic acids is 2. The average molecular weight is 572 g/mol. The molecule has 12 heteroatoms. The summed E-state index contributed by atoms with van der Waals surface area (Å²) in [6, 6.07) is 11.9. The zero-order chi connectivity index (χ0) is 28.3. The van der Waals surface area contributed by atoms with Gasteiger partial charge in [0.1, 0.15) is 11.5 Å². The number of sulfonamides is 1. The van der Waals surface area contributed by atoms with Crippen LogP contribution in [-0.4, -0.2) is 112 Å². The van der Waals surface area contributed by atoms with Crippen LogP contribution < -0.4 is 4.74 Å². The first-order chi connectivity index (χ1) is 19.3. The van der Waals surface area contributed by atoms with Crippen LogP contribution in [0.1, 0.15) is 17.2 Å². The van der Waals surface area contributed by atoms with Gasteiger partial charge in [-0.25, -0.2) is 8.42 Å². The van der Waals surface area contributed by atoms with Crippen molar-refractivity contribution >= 4 is 27.5 Å². The van der Waals surface area contributed by atoms with Crippen molar-refractivity contribution in [3.8, 4) is 5.75 Å². The third kappa shape index (κ3) is 5.63.